The van der Waals surface area contributed by atoms with Crippen molar-refractivity contribution in [2.24, 2.45) is 0 Å². The third kappa shape index (κ3) is 2.68. The summed E-state index contributed by atoms with van der Waals surface area (Å²) in [4.78, 5) is 17.5. The first-order chi connectivity index (χ1) is 8.74. The molecule has 4 nitrogen and oxygen atoms in total. The van der Waals surface area contributed by atoms with Crippen molar-refractivity contribution < 1.29 is 9.53 Å². The van der Waals surface area contributed by atoms with E-state index in [0.717, 1.165) is 22.7 Å². The van der Waals surface area contributed by atoms with E-state index in [2.05, 4.69) is 4.98 Å². The molecule has 0 saturated carbocycles. The van der Waals surface area contributed by atoms with E-state index in [-0.39, 0.29) is 0 Å². The van der Waals surface area contributed by atoms with Crippen molar-refractivity contribution in [3.63, 3.8) is 0 Å². The second kappa shape index (κ2) is 5.64. The van der Waals surface area contributed by atoms with Gasteiger partial charge in [-0.25, -0.2) is 4.98 Å². The Kier molecular flexibility index (Phi) is 3.94. The number of aldehydes is 1. The van der Waals surface area contributed by atoms with Crippen molar-refractivity contribution in [1.29, 1.82) is 0 Å². The van der Waals surface area contributed by atoms with Gasteiger partial charge in [-0.3, -0.25) is 4.79 Å². The summed E-state index contributed by atoms with van der Waals surface area (Å²) in [6.07, 6.45) is 2.41. The highest BCUT2D eigenvalue weighted by atomic mass is 32.1. The quantitative estimate of drug-likeness (QED) is 0.777. The molecule has 0 aliphatic heterocycles. The molecular weight excluding hydrogens is 248 g/mol. The van der Waals surface area contributed by atoms with Crippen LogP contribution in [0.2, 0.25) is 0 Å². The molecule has 0 radical (unpaired) electrons. The van der Waals surface area contributed by atoms with E-state index in [1.807, 2.05) is 36.2 Å². The van der Waals surface area contributed by atoms with Crippen LogP contribution in [0, 0.1) is 0 Å². The van der Waals surface area contributed by atoms with Crippen molar-refractivity contribution in [3.05, 3.63) is 40.9 Å². The van der Waals surface area contributed by atoms with Crippen molar-refractivity contribution in [2.45, 2.75) is 6.54 Å². The second-order valence-corrected chi connectivity index (χ2v) is 4.87. The minimum Gasteiger partial charge on any atom is -0.496 e. The highest BCUT2D eigenvalue weighted by Gasteiger charge is 2.09. The van der Waals surface area contributed by atoms with Gasteiger partial charge in [0.05, 0.1) is 18.2 Å². The Balaban J connectivity index is 2.15. The predicted molar refractivity (Wildman–Crippen MR) is 72.6 cm³/mol. The van der Waals surface area contributed by atoms with Crippen molar-refractivity contribution in [3.8, 4) is 5.75 Å². The number of benzene rings is 1. The molecule has 0 fully saturated rings. The van der Waals surface area contributed by atoms with Crippen LogP contribution in [0.15, 0.2) is 30.5 Å². The van der Waals surface area contributed by atoms with E-state index in [1.165, 1.54) is 11.3 Å². The van der Waals surface area contributed by atoms with Crippen molar-refractivity contribution >= 4 is 22.8 Å². The Morgan fingerprint density at radius 3 is 2.89 bits per heavy atom. The zero-order valence-corrected chi connectivity index (χ0v) is 11.1. The number of hydrogen-bond donors (Lipinski definition) is 0. The smallest absolute Gasteiger partial charge is 0.185 e. The third-order valence-corrected chi connectivity index (χ3v) is 3.59. The Labute approximate surface area is 110 Å². The van der Waals surface area contributed by atoms with Crippen molar-refractivity contribution in [2.75, 3.05) is 19.1 Å². The monoisotopic (exact) mass is 262 g/mol. The van der Waals surface area contributed by atoms with Gasteiger partial charge in [-0.2, -0.15) is 0 Å². The average molecular weight is 262 g/mol. The molecule has 0 amide bonds. The molecule has 0 spiro atoms. The maximum absolute atomic E-state index is 10.6. The number of carbonyl (C=O) groups is 1. The summed E-state index contributed by atoms with van der Waals surface area (Å²) in [7, 11) is 3.60. The number of carbonyl (C=O) groups excluding carboxylic acids is 1. The summed E-state index contributed by atoms with van der Waals surface area (Å²) < 4.78 is 5.31. The molecule has 0 N–H and O–H groups in total. The highest BCUT2D eigenvalue weighted by Crippen LogP contribution is 2.24. The molecule has 1 aromatic heterocycles. The minimum atomic E-state index is 0.636. The molecule has 1 heterocycles. The van der Waals surface area contributed by atoms with Gasteiger partial charge in [-0.15, -0.1) is 0 Å². The van der Waals surface area contributed by atoms with E-state index < -0.39 is 0 Å². The lowest BCUT2D eigenvalue weighted by Gasteiger charge is -2.17. The molecule has 94 valence electrons. The zero-order valence-electron chi connectivity index (χ0n) is 10.3. The fraction of sp³-hybridized carbons (Fsp3) is 0.231. The summed E-state index contributed by atoms with van der Waals surface area (Å²) >= 11 is 1.38. The van der Waals surface area contributed by atoms with Gasteiger partial charge in [0.25, 0.3) is 0 Å². The zero-order chi connectivity index (χ0) is 13.0. The standard InChI is InChI=1S/C13H14N2O2S/c1-15(13-14-7-11(9-16)18-13)8-10-5-3-4-6-12(10)17-2/h3-7,9H,8H2,1-2H3. The summed E-state index contributed by atoms with van der Waals surface area (Å²) in [6.45, 7) is 0.690. The van der Waals surface area contributed by atoms with E-state index in [0.29, 0.717) is 11.4 Å². The average Bonchev–Trinajstić information content (AvgIpc) is 2.88. The van der Waals surface area contributed by atoms with E-state index in [4.69, 9.17) is 4.74 Å². The first-order valence-electron chi connectivity index (χ1n) is 5.48. The number of rotatable bonds is 5. The number of para-hydroxylation sites is 1. The molecule has 1 aromatic carbocycles. The van der Waals surface area contributed by atoms with Gasteiger partial charge in [0.15, 0.2) is 11.4 Å². The molecule has 0 aliphatic rings. The molecule has 5 heteroatoms. The lowest BCUT2D eigenvalue weighted by Crippen LogP contribution is -2.16. The Morgan fingerprint density at radius 1 is 1.44 bits per heavy atom. The Hall–Kier alpha value is -1.88. The minimum absolute atomic E-state index is 0.636. The third-order valence-electron chi connectivity index (χ3n) is 2.55. The predicted octanol–water partition coefficient (Wildman–Crippen LogP) is 2.60. The van der Waals surface area contributed by atoms with Crippen LogP contribution in [0.3, 0.4) is 0 Å². The topological polar surface area (TPSA) is 42.4 Å². The molecule has 0 unspecified atom stereocenters. The summed E-state index contributed by atoms with van der Waals surface area (Å²) in [5.41, 5.74) is 1.09. The summed E-state index contributed by atoms with van der Waals surface area (Å²) in [5.74, 6) is 0.858. The van der Waals surface area contributed by atoms with Crippen LogP contribution < -0.4 is 9.64 Å². The van der Waals surface area contributed by atoms with Crippen LogP contribution >= 0.6 is 11.3 Å². The summed E-state index contributed by atoms with van der Waals surface area (Å²) in [5, 5.41) is 0.822. The van der Waals surface area contributed by atoms with Crippen LogP contribution in [0.25, 0.3) is 0 Å². The first kappa shape index (κ1) is 12.6. The first-order valence-corrected chi connectivity index (χ1v) is 6.30. The number of thiazole rings is 1. The van der Waals surface area contributed by atoms with Gasteiger partial charge in [-0.05, 0) is 6.07 Å². The number of aromatic nitrogens is 1. The fourth-order valence-electron chi connectivity index (χ4n) is 1.66. The van der Waals surface area contributed by atoms with Gasteiger partial charge in [0.2, 0.25) is 0 Å². The fourth-order valence-corrected chi connectivity index (χ4v) is 2.35. The lowest BCUT2D eigenvalue weighted by atomic mass is 10.2. The molecule has 0 aliphatic carbocycles. The van der Waals surface area contributed by atoms with Gasteiger partial charge >= 0.3 is 0 Å². The van der Waals surface area contributed by atoms with E-state index in [1.54, 1.807) is 13.3 Å². The Bertz CT molecular complexity index is 539. The summed E-state index contributed by atoms with van der Waals surface area (Å²) in [6, 6.07) is 7.87. The number of ether oxygens (including phenoxy) is 1. The van der Waals surface area contributed by atoms with Gasteiger partial charge in [0, 0.05) is 19.2 Å². The SMILES string of the molecule is COc1ccccc1CN(C)c1ncc(C=O)s1. The second-order valence-electron chi connectivity index (χ2n) is 3.83. The van der Waals surface area contributed by atoms with Gasteiger partial charge < -0.3 is 9.64 Å². The molecule has 0 atom stereocenters. The molecule has 2 aromatic rings. The highest BCUT2D eigenvalue weighted by molar-refractivity contribution is 7.17. The normalized spacial score (nSPS) is 10.1. The van der Waals surface area contributed by atoms with Gasteiger partial charge in [0.1, 0.15) is 5.75 Å². The lowest BCUT2D eigenvalue weighted by molar-refractivity contribution is 0.112. The molecular formula is C13H14N2O2S. The maximum atomic E-state index is 10.6. The van der Waals surface area contributed by atoms with Crippen LogP contribution in [0.5, 0.6) is 5.75 Å². The number of hydrogen-bond acceptors (Lipinski definition) is 5. The van der Waals surface area contributed by atoms with Crippen molar-refractivity contribution in [1.82, 2.24) is 4.98 Å². The van der Waals surface area contributed by atoms with Gasteiger partial charge in [-0.1, -0.05) is 29.5 Å². The van der Waals surface area contributed by atoms with E-state index >= 15 is 0 Å². The number of nitrogens with zero attached hydrogens (tertiary/aromatic N) is 2. The molecule has 2 rings (SSSR count). The molecule has 18 heavy (non-hydrogen) atoms. The molecule has 0 saturated heterocycles. The van der Waals surface area contributed by atoms with Crippen LogP contribution in [0.4, 0.5) is 5.13 Å². The van der Waals surface area contributed by atoms with Crippen LogP contribution in [-0.4, -0.2) is 25.4 Å². The van der Waals surface area contributed by atoms with Crippen LogP contribution in [0.1, 0.15) is 15.2 Å². The number of methoxy groups -OCH3 is 1. The van der Waals surface area contributed by atoms with Crippen LogP contribution in [-0.2, 0) is 6.54 Å². The number of anilines is 1. The van der Waals surface area contributed by atoms with E-state index in [9.17, 15) is 4.79 Å². The Morgan fingerprint density at radius 2 is 2.22 bits per heavy atom. The largest absolute Gasteiger partial charge is 0.496 e. The maximum Gasteiger partial charge on any atom is 0.185 e. The molecule has 0 bridgehead atoms.